The van der Waals surface area contributed by atoms with E-state index in [1.165, 1.54) is 5.56 Å². The second-order valence-corrected chi connectivity index (χ2v) is 7.44. The quantitative estimate of drug-likeness (QED) is 0.861. The Morgan fingerprint density at radius 3 is 2.79 bits per heavy atom. The average molecular weight is 379 g/mol. The van der Waals surface area contributed by atoms with Gasteiger partial charge in [0.05, 0.1) is 5.69 Å². The van der Waals surface area contributed by atoms with Crippen molar-refractivity contribution in [1.29, 1.82) is 0 Å². The van der Waals surface area contributed by atoms with E-state index in [0.717, 1.165) is 19.3 Å². The third-order valence-electron chi connectivity index (χ3n) is 5.34. The number of ether oxygens (including phenoxy) is 1. The monoisotopic (exact) mass is 379 g/mol. The van der Waals surface area contributed by atoms with Crippen LogP contribution >= 0.6 is 0 Å². The summed E-state index contributed by atoms with van der Waals surface area (Å²) in [5.74, 6) is 0.801. The van der Waals surface area contributed by atoms with Gasteiger partial charge in [-0.2, -0.15) is 0 Å². The summed E-state index contributed by atoms with van der Waals surface area (Å²) in [5, 5.41) is 5.67. The van der Waals surface area contributed by atoms with E-state index < -0.39 is 6.04 Å². The Hall–Kier alpha value is -3.02. The first-order valence-electron chi connectivity index (χ1n) is 9.81. The van der Waals surface area contributed by atoms with E-state index in [9.17, 15) is 9.59 Å². The number of rotatable bonds is 3. The van der Waals surface area contributed by atoms with Crippen LogP contribution in [-0.4, -0.2) is 42.6 Å². The summed E-state index contributed by atoms with van der Waals surface area (Å²) >= 11 is 0. The van der Waals surface area contributed by atoms with E-state index in [1.807, 2.05) is 35.2 Å². The molecule has 3 amide bonds. The number of fused-ring (bicyclic) bond motifs is 1. The molecule has 1 unspecified atom stereocenters. The van der Waals surface area contributed by atoms with Crippen LogP contribution < -0.4 is 15.4 Å². The van der Waals surface area contributed by atoms with Gasteiger partial charge in [-0.3, -0.25) is 4.79 Å². The number of carbonyl (C=O) groups is 2. The number of urea groups is 1. The van der Waals surface area contributed by atoms with E-state index in [1.54, 1.807) is 12.1 Å². The molecule has 4 rings (SSSR count). The summed E-state index contributed by atoms with van der Waals surface area (Å²) in [7, 11) is 0. The van der Waals surface area contributed by atoms with E-state index in [2.05, 4.69) is 22.8 Å². The fourth-order valence-corrected chi connectivity index (χ4v) is 3.88. The summed E-state index contributed by atoms with van der Waals surface area (Å²) in [6.07, 6.45) is 3.05. The molecular formula is C22H25N3O3. The fourth-order valence-electron chi connectivity index (χ4n) is 3.88. The lowest BCUT2D eigenvalue weighted by Crippen LogP contribution is -2.53. The highest BCUT2D eigenvalue weighted by Crippen LogP contribution is 2.26. The lowest BCUT2D eigenvalue weighted by atomic mass is 9.91. The molecule has 0 spiro atoms. The van der Waals surface area contributed by atoms with Crippen LogP contribution in [0.5, 0.6) is 5.75 Å². The lowest BCUT2D eigenvalue weighted by Gasteiger charge is -2.33. The van der Waals surface area contributed by atoms with Gasteiger partial charge in [0.25, 0.3) is 5.91 Å². The molecule has 0 aromatic heterocycles. The van der Waals surface area contributed by atoms with Crippen molar-refractivity contribution in [1.82, 2.24) is 10.2 Å². The maximum absolute atomic E-state index is 12.8. The summed E-state index contributed by atoms with van der Waals surface area (Å²) in [4.78, 5) is 27.1. The van der Waals surface area contributed by atoms with Crippen molar-refractivity contribution < 1.29 is 14.3 Å². The topological polar surface area (TPSA) is 70.7 Å². The molecule has 2 heterocycles. The maximum Gasteiger partial charge on any atom is 0.318 e. The van der Waals surface area contributed by atoms with Gasteiger partial charge in [-0.25, -0.2) is 4.79 Å². The van der Waals surface area contributed by atoms with Crippen LogP contribution in [0.2, 0.25) is 0 Å². The highest BCUT2D eigenvalue weighted by Gasteiger charge is 2.30. The zero-order valence-corrected chi connectivity index (χ0v) is 15.8. The number of para-hydroxylation sites is 2. The van der Waals surface area contributed by atoms with Crippen LogP contribution in [0.1, 0.15) is 18.4 Å². The molecular weight excluding hydrogens is 354 g/mol. The van der Waals surface area contributed by atoms with Crippen LogP contribution in [0.3, 0.4) is 0 Å². The van der Waals surface area contributed by atoms with Gasteiger partial charge < -0.3 is 20.3 Å². The minimum atomic E-state index is -0.714. The third-order valence-corrected chi connectivity index (χ3v) is 5.34. The number of hydrogen-bond acceptors (Lipinski definition) is 3. The normalized spacial score (nSPS) is 21.7. The highest BCUT2D eigenvalue weighted by atomic mass is 16.5. The van der Waals surface area contributed by atoms with Crippen molar-refractivity contribution >= 4 is 17.6 Å². The van der Waals surface area contributed by atoms with E-state index in [0.29, 0.717) is 30.4 Å². The second kappa shape index (κ2) is 8.33. The fraction of sp³-hybridized carbons (Fsp3) is 0.364. The molecule has 2 aliphatic rings. The number of likely N-dealkylation sites (tertiary alicyclic amines) is 1. The second-order valence-electron chi connectivity index (χ2n) is 7.44. The van der Waals surface area contributed by atoms with Crippen molar-refractivity contribution in [3.05, 3.63) is 60.2 Å². The summed E-state index contributed by atoms with van der Waals surface area (Å²) in [5.41, 5.74) is 1.93. The molecule has 6 heteroatoms. The molecule has 146 valence electrons. The minimum Gasteiger partial charge on any atom is -0.489 e. The SMILES string of the molecule is O=C1Nc2ccccc2OC[C@@H]1NC(=O)N1CCCC(Cc2ccccc2)C1. The molecule has 2 aliphatic heterocycles. The van der Waals surface area contributed by atoms with Gasteiger partial charge in [0.2, 0.25) is 0 Å². The zero-order valence-electron chi connectivity index (χ0n) is 15.8. The predicted molar refractivity (Wildman–Crippen MR) is 107 cm³/mol. The smallest absolute Gasteiger partial charge is 0.318 e. The molecule has 0 saturated carbocycles. The highest BCUT2D eigenvalue weighted by molar-refractivity contribution is 5.98. The number of carbonyl (C=O) groups excluding carboxylic acids is 2. The number of nitrogens with one attached hydrogen (secondary N) is 2. The summed E-state index contributed by atoms with van der Waals surface area (Å²) in [6, 6.07) is 16.7. The van der Waals surface area contributed by atoms with Crippen molar-refractivity contribution in [3.8, 4) is 5.75 Å². The number of piperidine rings is 1. The van der Waals surface area contributed by atoms with Crippen molar-refractivity contribution in [2.24, 2.45) is 5.92 Å². The van der Waals surface area contributed by atoms with Crippen molar-refractivity contribution in [3.63, 3.8) is 0 Å². The molecule has 2 N–H and O–H groups in total. The first-order valence-corrected chi connectivity index (χ1v) is 9.81. The van der Waals surface area contributed by atoms with E-state index in [4.69, 9.17) is 4.74 Å². The standard InChI is InChI=1S/C22H25N3O3/c26-21-19(15-28-20-11-5-4-10-18(20)23-21)24-22(27)25-12-6-9-17(14-25)13-16-7-2-1-3-8-16/h1-5,7-8,10-11,17,19H,6,9,12-15H2,(H,23,26)(H,24,27)/t17?,19-/m0/s1. The van der Waals surface area contributed by atoms with E-state index in [-0.39, 0.29) is 18.5 Å². The van der Waals surface area contributed by atoms with Gasteiger partial charge >= 0.3 is 6.03 Å². The average Bonchev–Trinajstić information content (AvgIpc) is 2.88. The predicted octanol–water partition coefficient (Wildman–Crippen LogP) is 3.05. The van der Waals surface area contributed by atoms with Gasteiger partial charge in [-0.15, -0.1) is 0 Å². The van der Waals surface area contributed by atoms with Gasteiger partial charge in [0.1, 0.15) is 18.4 Å². The maximum atomic E-state index is 12.8. The van der Waals surface area contributed by atoms with Crippen molar-refractivity contribution in [2.75, 3.05) is 25.0 Å². The summed E-state index contributed by atoms with van der Waals surface area (Å²) in [6.45, 7) is 1.54. The van der Waals surface area contributed by atoms with Gasteiger partial charge in [0.15, 0.2) is 0 Å². The first kappa shape index (κ1) is 18.3. The number of nitrogens with zero attached hydrogens (tertiary/aromatic N) is 1. The molecule has 28 heavy (non-hydrogen) atoms. The largest absolute Gasteiger partial charge is 0.489 e. The Morgan fingerprint density at radius 1 is 1.14 bits per heavy atom. The van der Waals surface area contributed by atoms with Gasteiger partial charge in [-0.1, -0.05) is 42.5 Å². The molecule has 0 bridgehead atoms. The molecule has 2 atom stereocenters. The zero-order chi connectivity index (χ0) is 19.3. The lowest BCUT2D eigenvalue weighted by molar-refractivity contribution is -0.118. The Kier molecular flexibility index (Phi) is 5.46. The molecule has 6 nitrogen and oxygen atoms in total. The number of anilines is 1. The molecule has 0 aliphatic carbocycles. The third kappa shape index (κ3) is 4.27. The Labute approximate surface area is 164 Å². The molecule has 2 aromatic carbocycles. The number of hydrogen-bond donors (Lipinski definition) is 2. The van der Waals surface area contributed by atoms with Crippen molar-refractivity contribution in [2.45, 2.75) is 25.3 Å². The molecule has 1 fully saturated rings. The number of benzene rings is 2. The van der Waals surface area contributed by atoms with Gasteiger partial charge in [-0.05, 0) is 42.9 Å². The number of amides is 3. The molecule has 1 saturated heterocycles. The van der Waals surface area contributed by atoms with Crippen LogP contribution in [0.25, 0.3) is 0 Å². The summed E-state index contributed by atoms with van der Waals surface area (Å²) < 4.78 is 5.70. The Balaban J connectivity index is 1.35. The Bertz CT molecular complexity index is 840. The van der Waals surface area contributed by atoms with Crippen LogP contribution in [0.15, 0.2) is 54.6 Å². The minimum absolute atomic E-state index is 0.121. The van der Waals surface area contributed by atoms with Gasteiger partial charge in [0, 0.05) is 13.1 Å². The van der Waals surface area contributed by atoms with Crippen LogP contribution in [0.4, 0.5) is 10.5 Å². The molecule has 2 aromatic rings. The van der Waals surface area contributed by atoms with Crippen LogP contribution in [-0.2, 0) is 11.2 Å². The molecule has 0 radical (unpaired) electrons. The Morgan fingerprint density at radius 2 is 1.93 bits per heavy atom. The van der Waals surface area contributed by atoms with Crippen LogP contribution in [0, 0.1) is 5.92 Å². The first-order chi connectivity index (χ1) is 13.7. The van der Waals surface area contributed by atoms with E-state index >= 15 is 0 Å².